The minimum Gasteiger partial charge on any atom is -0.324 e. The minimum atomic E-state index is -0.675. The fraction of sp³-hybridized carbons (Fsp3) is 0.222. The number of nitro groups is 1. The first-order chi connectivity index (χ1) is 8.58. The predicted octanol–water partition coefficient (Wildman–Crippen LogP) is 0.0792. The molecule has 2 atom stereocenters. The van der Waals surface area contributed by atoms with Crippen LogP contribution in [0.5, 0.6) is 0 Å². The van der Waals surface area contributed by atoms with Crippen molar-refractivity contribution in [1.29, 1.82) is 0 Å². The Morgan fingerprint density at radius 3 is 2.83 bits per heavy atom. The number of carbonyl (C=O) groups excluding carboxylic acids is 1. The number of halogens is 1. The number of nitrogens with one attached hydrogen (secondary N) is 4. The van der Waals surface area contributed by atoms with Crippen molar-refractivity contribution in [2.45, 2.75) is 11.5 Å². The van der Waals surface area contributed by atoms with Gasteiger partial charge in [-0.15, -0.1) is 11.6 Å². The molecule has 96 valence electrons. The molecule has 1 amide bonds. The number of hydrogen-bond donors (Lipinski definition) is 4. The fourth-order valence-corrected chi connectivity index (χ4v) is 1.69. The molecule has 1 heterocycles. The Labute approximate surface area is 107 Å². The SMILES string of the molecule is O=C(Nc1cccc([N+](=O)[O-])c1)C1NNNC1Cl. The lowest BCUT2D eigenvalue weighted by Crippen LogP contribution is -2.42. The molecule has 1 aliphatic heterocycles. The molecular formula is C9H10ClN5O3. The molecule has 1 saturated heterocycles. The predicted molar refractivity (Wildman–Crippen MR) is 64.6 cm³/mol. The molecule has 0 aliphatic carbocycles. The molecule has 1 fully saturated rings. The highest BCUT2D eigenvalue weighted by molar-refractivity contribution is 6.23. The van der Waals surface area contributed by atoms with Gasteiger partial charge >= 0.3 is 0 Å². The van der Waals surface area contributed by atoms with E-state index in [4.69, 9.17) is 11.6 Å². The van der Waals surface area contributed by atoms with Crippen molar-refractivity contribution in [2.24, 2.45) is 0 Å². The van der Waals surface area contributed by atoms with Crippen LogP contribution in [0.25, 0.3) is 0 Å². The van der Waals surface area contributed by atoms with Crippen molar-refractivity contribution in [1.82, 2.24) is 16.4 Å². The fourth-order valence-electron chi connectivity index (χ4n) is 1.46. The Balaban J connectivity index is 2.07. The van der Waals surface area contributed by atoms with Crippen molar-refractivity contribution < 1.29 is 9.72 Å². The van der Waals surface area contributed by atoms with Crippen molar-refractivity contribution >= 4 is 28.9 Å². The summed E-state index contributed by atoms with van der Waals surface area (Å²) in [7, 11) is 0. The van der Waals surface area contributed by atoms with Gasteiger partial charge in [-0.3, -0.25) is 14.9 Å². The second-order valence-electron chi connectivity index (χ2n) is 3.59. The van der Waals surface area contributed by atoms with E-state index in [-0.39, 0.29) is 5.69 Å². The number of nitro benzene ring substituents is 1. The summed E-state index contributed by atoms with van der Waals surface area (Å²) in [5.74, 6) is -0.395. The number of anilines is 1. The third kappa shape index (κ3) is 2.74. The van der Waals surface area contributed by atoms with Crippen LogP contribution in [0, 0.1) is 10.1 Å². The maximum absolute atomic E-state index is 11.8. The third-order valence-electron chi connectivity index (χ3n) is 2.34. The average molecular weight is 272 g/mol. The van der Waals surface area contributed by atoms with Gasteiger partial charge < -0.3 is 5.32 Å². The first-order valence-electron chi connectivity index (χ1n) is 5.03. The molecule has 2 rings (SSSR count). The Morgan fingerprint density at radius 1 is 1.44 bits per heavy atom. The van der Waals surface area contributed by atoms with Crippen LogP contribution in [0.4, 0.5) is 11.4 Å². The summed E-state index contributed by atoms with van der Waals surface area (Å²) in [4.78, 5) is 21.9. The Morgan fingerprint density at radius 2 is 2.22 bits per heavy atom. The molecule has 0 spiro atoms. The van der Waals surface area contributed by atoms with Gasteiger partial charge in [0.05, 0.1) is 4.92 Å². The number of benzene rings is 1. The van der Waals surface area contributed by atoms with E-state index < -0.39 is 22.4 Å². The first kappa shape index (κ1) is 12.7. The standard InChI is InChI=1S/C9H10ClN5O3/c10-8-7(12-14-13-8)9(16)11-5-2-1-3-6(4-5)15(17)18/h1-4,7-8,12-14H,(H,11,16). The van der Waals surface area contributed by atoms with Crippen LogP contribution in [0.2, 0.25) is 0 Å². The Bertz CT molecular complexity index is 483. The molecule has 0 bridgehead atoms. The maximum Gasteiger partial charge on any atom is 0.271 e. The van der Waals surface area contributed by atoms with Gasteiger partial charge in [-0.05, 0) is 6.07 Å². The molecule has 1 aromatic rings. The molecule has 2 unspecified atom stereocenters. The topological polar surface area (TPSA) is 108 Å². The summed E-state index contributed by atoms with van der Waals surface area (Å²) >= 11 is 5.82. The first-order valence-corrected chi connectivity index (χ1v) is 5.47. The summed E-state index contributed by atoms with van der Waals surface area (Å²) < 4.78 is 0. The van der Waals surface area contributed by atoms with Gasteiger partial charge in [-0.1, -0.05) is 6.07 Å². The number of carbonyl (C=O) groups is 1. The van der Waals surface area contributed by atoms with Gasteiger partial charge in [0, 0.05) is 17.8 Å². The molecule has 0 saturated carbocycles. The van der Waals surface area contributed by atoms with Gasteiger partial charge in [-0.25, -0.2) is 10.9 Å². The number of non-ortho nitro benzene ring substituents is 1. The summed E-state index contributed by atoms with van der Waals surface area (Å²) in [6.45, 7) is 0. The van der Waals surface area contributed by atoms with Gasteiger partial charge in [0.15, 0.2) is 0 Å². The average Bonchev–Trinajstić information content (AvgIpc) is 2.76. The second-order valence-corrected chi connectivity index (χ2v) is 4.06. The lowest BCUT2D eigenvalue weighted by molar-refractivity contribution is -0.384. The highest BCUT2D eigenvalue weighted by Crippen LogP contribution is 2.17. The van der Waals surface area contributed by atoms with Crippen LogP contribution in [-0.4, -0.2) is 22.4 Å². The van der Waals surface area contributed by atoms with Gasteiger partial charge in [0.25, 0.3) is 5.69 Å². The smallest absolute Gasteiger partial charge is 0.271 e. The number of alkyl halides is 1. The number of rotatable bonds is 3. The minimum absolute atomic E-state index is 0.0918. The largest absolute Gasteiger partial charge is 0.324 e. The van der Waals surface area contributed by atoms with E-state index in [9.17, 15) is 14.9 Å². The van der Waals surface area contributed by atoms with Crippen LogP contribution in [0.15, 0.2) is 24.3 Å². The van der Waals surface area contributed by atoms with Crippen molar-refractivity contribution in [3.8, 4) is 0 Å². The summed E-state index contributed by atoms with van der Waals surface area (Å²) in [6.07, 6.45) is 0. The van der Waals surface area contributed by atoms with E-state index in [1.165, 1.54) is 18.2 Å². The summed E-state index contributed by atoms with van der Waals surface area (Å²) in [5, 5.41) is 13.1. The molecule has 0 radical (unpaired) electrons. The Hall–Kier alpha value is -1.74. The number of nitrogens with zero attached hydrogens (tertiary/aromatic N) is 1. The second kappa shape index (κ2) is 5.27. The molecular weight excluding hydrogens is 262 g/mol. The van der Waals surface area contributed by atoms with Gasteiger partial charge in [0.1, 0.15) is 11.5 Å². The van der Waals surface area contributed by atoms with E-state index in [0.29, 0.717) is 5.69 Å². The lowest BCUT2D eigenvalue weighted by atomic mass is 10.2. The van der Waals surface area contributed by atoms with E-state index in [0.717, 1.165) is 0 Å². The van der Waals surface area contributed by atoms with E-state index in [1.54, 1.807) is 6.07 Å². The summed E-state index contributed by atoms with van der Waals surface area (Å²) in [5.41, 5.74) is 7.38. The van der Waals surface area contributed by atoms with Crippen molar-refractivity contribution in [3.05, 3.63) is 34.4 Å². The monoisotopic (exact) mass is 271 g/mol. The molecule has 18 heavy (non-hydrogen) atoms. The zero-order valence-corrected chi connectivity index (χ0v) is 9.77. The third-order valence-corrected chi connectivity index (χ3v) is 2.70. The number of hydrazine groups is 2. The molecule has 1 aliphatic rings. The quantitative estimate of drug-likeness (QED) is 0.268. The van der Waals surface area contributed by atoms with E-state index >= 15 is 0 Å². The van der Waals surface area contributed by atoms with Crippen molar-refractivity contribution in [3.63, 3.8) is 0 Å². The van der Waals surface area contributed by atoms with Crippen LogP contribution >= 0.6 is 11.6 Å². The Kier molecular flexibility index (Phi) is 3.72. The zero-order chi connectivity index (χ0) is 13.1. The normalized spacial score (nSPS) is 22.7. The molecule has 4 N–H and O–H groups in total. The number of amides is 1. The lowest BCUT2D eigenvalue weighted by Gasteiger charge is -2.12. The maximum atomic E-state index is 11.8. The van der Waals surface area contributed by atoms with E-state index in [1.807, 2.05) is 0 Å². The van der Waals surface area contributed by atoms with Crippen molar-refractivity contribution in [2.75, 3.05) is 5.32 Å². The highest BCUT2D eigenvalue weighted by atomic mass is 35.5. The molecule has 9 heteroatoms. The number of hydrogen-bond acceptors (Lipinski definition) is 6. The summed E-state index contributed by atoms with van der Waals surface area (Å²) in [6, 6.07) is 4.99. The molecule has 1 aromatic carbocycles. The zero-order valence-electron chi connectivity index (χ0n) is 9.01. The van der Waals surface area contributed by atoms with Gasteiger partial charge in [0.2, 0.25) is 5.91 Å². The molecule has 8 nitrogen and oxygen atoms in total. The highest BCUT2D eigenvalue weighted by Gasteiger charge is 2.31. The molecule has 0 aromatic heterocycles. The van der Waals surface area contributed by atoms with E-state index in [2.05, 4.69) is 21.7 Å². The van der Waals surface area contributed by atoms with Gasteiger partial charge in [-0.2, -0.15) is 5.53 Å². The van der Waals surface area contributed by atoms with Crippen LogP contribution < -0.4 is 21.7 Å². The van der Waals surface area contributed by atoms with Crippen LogP contribution in [0.1, 0.15) is 0 Å². The van der Waals surface area contributed by atoms with Crippen LogP contribution in [0.3, 0.4) is 0 Å². The van der Waals surface area contributed by atoms with Crippen LogP contribution in [-0.2, 0) is 4.79 Å².